The van der Waals surface area contributed by atoms with Crippen molar-refractivity contribution in [3.8, 4) is 0 Å². The van der Waals surface area contributed by atoms with E-state index >= 15 is 0 Å². The summed E-state index contributed by atoms with van der Waals surface area (Å²) in [5.74, 6) is 0. The van der Waals surface area contributed by atoms with E-state index in [1.165, 1.54) is 11.3 Å². The minimum Gasteiger partial charge on any atom is -0.450 e. The van der Waals surface area contributed by atoms with Crippen molar-refractivity contribution in [3.05, 3.63) is 17.2 Å². The summed E-state index contributed by atoms with van der Waals surface area (Å²) >= 11 is 9.13. The number of ether oxygens (including phenoxy) is 1. The second-order valence-corrected chi connectivity index (χ2v) is 5.76. The summed E-state index contributed by atoms with van der Waals surface area (Å²) in [6.45, 7) is 2.09. The Morgan fingerprint density at radius 2 is 2.39 bits per heavy atom. The van der Waals surface area contributed by atoms with Gasteiger partial charge >= 0.3 is 6.09 Å². The Balaban J connectivity index is 2.41. The zero-order valence-corrected chi connectivity index (χ0v) is 12.2. The SMILES string of the molecule is CCOC(=O)Nc1ccc(Cl)c2nc(SC)sc12. The molecular weight excluding hydrogens is 292 g/mol. The van der Waals surface area contributed by atoms with E-state index in [1.807, 2.05) is 6.26 Å². The van der Waals surface area contributed by atoms with Gasteiger partial charge in [-0.25, -0.2) is 9.78 Å². The van der Waals surface area contributed by atoms with Crippen molar-refractivity contribution < 1.29 is 9.53 Å². The number of nitrogens with one attached hydrogen (secondary N) is 1. The molecule has 2 aromatic rings. The molecule has 4 nitrogen and oxygen atoms in total. The molecule has 2 rings (SSSR count). The lowest BCUT2D eigenvalue weighted by Crippen LogP contribution is -2.13. The van der Waals surface area contributed by atoms with Crippen LogP contribution in [0.15, 0.2) is 16.5 Å². The van der Waals surface area contributed by atoms with Crippen LogP contribution in [0.5, 0.6) is 0 Å². The van der Waals surface area contributed by atoms with E-state index in [1.54, 1.807) is 30.8 Å². The number of carbonyl (C=O) groups is 1. The van der Waals surface area contributed by atoms with Gasteiger partial charge in [0.15, 0.2) is 4.34 Å². The Morgan fingerprint density at radius 3 is 3.06 bits per heavy atom. The summed E-state index contributed by atoms with van der Waals surface area (Å²) < 4.78 is 6.62. The number of carbonyl (C=O) groups excluding carboxylic acids is 1. The van der Waals surface area contributed by atoms with Crippen molar-refractivity contribution >= 4 is 56.7 Å². The van der Waals surface area contributed by atoms with E-state index in [9.17, 15) is 4.79 Å². The molecule has 1 heterocycles. The molecule has 7 heteroatoms. The zero-order chi connectivity index (χ0) is 13.1. The van der Waals surface area contributed by atoms with Crippen LogP contribution in [0.25, 0.3) is 10.2 Å². The summed E-state index contributed by atoms with van der Waals surface area (Å²) in [6, 6.07) is 3.47. The van der Waals surface area contributed by atoms with Crippen molar-refractivity contribution in [1.82, 2.24) is 4.98 Å². The summed E-state index contributed by atoms with van der Waals surface area (Å²) in [5, 5.41) is 3.27. The van der Waals surface area contributed by atoms with Crippen molar-refractivity contribution in [3.63, 3.8) is 0 Å². The number of anilines is 1. The number of fused-ring (bicyclic) bond motifs is 1. The first kappa shape index (κ1) is 13.5. The quantitative estimate of drug-likeness (QED) is 0.862. The van der Waals surface area contributed by atoms with Gasteiger partial charge in [0, 0.05) is 0 Å². The lowest BCUT2D eigenvalue weighted by molar-refractivity contribution is 0.168. The summed E-state index contributed by atoms with van der Waals surface area (Å²) in [5.41, 5.74) is 1.38. The molecule has 96 valence electrons. The highest BCUT2D eigenvalue weighted by Crippen LogP contribution is 2.37. The van der Waals surface area contributed by atoms with E-state index < -0.39 is 6.09 Å². The molecule has 0 unspecified atom stereocenters. The Morgan fingerprint density at radius 1 is 1.61 bits per heavy atom. The highest BCUT2D eigenvalue weighted by atomic mass is 35.5. The maximum Gasteiger partial charge on any atom is 0.411 e. The third kappa shape index (κ3) is 2.71. The van der Waals surface area contributed by atoms with Crippen LogP contribution in [0.1, 0.15) is 6.92 Å². The van der Waals surface area contributed by atoms with Crippen molar-refractivity contribution in [2.75, 3.05) is 18.2 Å². The predicted octanol–water partition coefficient (Wildman–Crippen LogP) is 4.24. The van der Waals surface area contributed by atoms with Gasteiger partial charge in [0.1, 0.15) is 5.52 Å². The van der Waals surface area contributed by atoms with Gasteiger partial charge < -0.3 is 4.74 Å². The summed E-state index contributed by atoms with van der Waals surface area (Å²) in [7, 11) is 0. The summed E-state index contributed by atoms with van der Waals surface area (Å²) in [6.07, 6.45) is 1.48. The molecule has 18 heavy (non-hydrogen) atoms. The molecule has 1 aromatic carbocycles. The standard InChI is InChI=1S/C11H11ClN2O2S2/c1-3-16-10(15)13-7-5-4-6(12)8-9(7)18-11(14-8)17-2/h4-5H,3H2,1-2H3,(H,13,15). The van der Waals surface area contributed by atoms with Crippen molar-refractivity contribution in [2.24, 2.45) is 0 Å². The van der Waals surface area contributed by atoms with Gasteiger partial charge in [-0.05, 0) is 25.3 Å². The Kier molecular flexibility index (Phi) is 4.31. The van der Waals surface area contributed by atoms with Crippen LogP contribution in [-0.4, -0.2) is 23.9 Å². The molecule has 1 amide bonds. The maximum atomic E-state index is 11.4. The maximum absolute atomic E-state index is 11.4. The fraction of sp³-hybridized carbons (Fsp3) is 0.273. The normalized spacial score (nSPS) is 10.6. The number of benzene rings is 1. The minimum absolute atomic E-state index is 0.335. The van der Waals surface area contributed by atoms with E-state index in [2.05, 4.69) is 10.3 Å². The molecule has 0 fully saturated rings. The van der Waals surface area contributed by atoms with Crippen LogP contribution in [0.3, 0.4) is 0 Å². The molecular formula is C11H11ClN2O2S2. The van der Waals surface area contributed by atoms with Gasteiger partial charge in [0.05, 0.1) is 22.0 Å². The van der Waals surface area contributed by atoms with Gasteiger partial charge in [-0.3, -0.25) is 5.32 Å². The third-order valence-corrected chi connectivity index (χ3v) is 4.54. The first-order valence-electron chi connectivity index (χ1n) is 5.22. The van der Waals surface area contributed by atoms with Crippen LogP contribution in [0, 0.1) is 0 Å². The fourth-order valence-corrected chi connectivity index (χ4v) is 3.23. The van der Waals surface area contributed by atoms with Gasteiger partial charge in [-0.1, -0.05) is 23.4 Å². The summed E-state index contributed by atoms with van der Waals surface area (Å²) in [4.78, 5) is 15.8. The van der Waals surface area contributed by atoms with E-state index in [0.717, 1.165) is 9.04 Å². The number of hydrogen-bond acceptors (Lipinski definition) is 5. The number of nitrogens with zero attached hydrogens (tertiary/aromatic N) is 1. The molecule has 0 spiro atoms. The van der Waals surface area contributed by atoms with Crippen LogP contribution in [0.4, 0.5) is 10.5 Å². The first-order valence-corrected chi connectivity index (χ1v) is 7.64. The lowest BCUT2D eigenvalue weighted by atomic mass is 10.3. The number of rotatable bonds is 3. The van der Waals surface area contributed by atoms with Crippen LogP contribution in [-0.2, 0) is 4.74 Å². The Bertz CT molecular complexity index is 586. The monoisotopic (exact) mass is 302 g/mol. The molecule has 0 aliphatic rings. The molecule has 0 aliphatic heterocycles. The van der Waals surface area contributed by atoms with E-state index in [0.29, 0.717) is 22.8 Å². The number of halogens is 1. The fourth-order valence-electron chi connectivity index (χ4n) is 1.42. The van der Waals surface area contributed by atoms with Crippen molar-refractivity contribution in [1.29, 1.82) is 0 Å². The van der Waals surface area contributed by atoms with Gasteiger partial charge in [0.25, 0.3) is 0 Å². The topological polar surface area (TPSA) is 51.2 Å². The molecule has 0 saturated carbocycles. The number of thiazole rings is 1. The average molecular weight is 303 g/mol. The van der Waals surface area contributed by atoms with Crippen LogP contribution in [0.2, 0.25) is 5.02 Å². The third-order valence-electron chi connectivity index (χ3n) is 2.16. The van der Waals surface area contributed by atoms with E-state index in [4.69, 9.17) is 16.3 Å². The highest BCUT2D eigenvalue weighted by molar-refractivity contribution is 8.00. The molecule has 0 bridgehead atoms. The second-order valence-electron chi connectivity index (χ2n) is 3.30. The predicted molar refractivity (Wildman–Crippen MR) is 77.1 cm³/mol. The minimum atomic E-state index is -0.472. The molecule has 0 radical (unpaired) electrons. The number of hydrogen-bond donors (Lipinski definition) is 1. The smallest absolute Gasteiger partial charge is 0.411 e. The first-order chi connectivity index (χ1) is 8.65. The highest BCUT2D eigenvalue weighted by Gasteiger charge is 2.13. The molecule has 1 N–H and O–H groups in total. The second kappa shape index (κ2) is 5.77. The molecule has 0 atom stereocenters. The zero-order valence-electron chi connectivity index (χ0n) is 9.82. The van der Waals surface area contributed by atoms with Crippen LogP contribution >= 0.6 is 34.7 Å². The molecule has 0 saturated heterocycles. The Labute approximate surface area is 118 Å². The largest absolute Gasteiger partial charge is 0.450 e. The van der Waals surface area contributed by atoms with Crippen molar-refractivity contribution in [2.45, 2.75) is 11.3 Å². The molecule has 0 aliphatic carbocycles. The number of amides is 1. The van der Waals surface area contributed by atoms with Gasteiger partial charge in [-0.15, -0.1) is 11.3 Å². The lowest BCUT2D eigenvalue weighted by Gasteiger charge is -2.06. The van der Waals surface area contributed by atoms with Gasteiger partial charge in [-0.2, -0.15) is 0 Å². The number of aromatic nitrogens is 1. The number of thioether (sulfide) groups is 1. The average Bonchev–Trinajstić information content (AvgIpc) is 2.78. The van der Waals surface area contributed by atoms with Crippen LogP contribution < -0.4 is 5.32 Å². The Hall–Kier alpha value is -0.980. The van der Waals surface area contributed by atoms with E-state index in [-0.39, 0.29) is 0 Å². The van der Waals surface area contributed by atoms with Gasteiger partial charge in [0.2, 0.25) is 0 Å². The molecule has 1 aromatic heterocycles.